The van der Waals surface area contributed by atoms with Crippen LogP contribution in [0.25, 0.3) is 10.9 Å². The number of halogens is 1. The van der Waals surface area contributed by atoms with Gasteiger partial charge >= 0.3 is 0 Å². The number of nitrogen functional groups attached to an aromatic ring is 1. The molecular weight excluding hydrogens is 330 g/mol. The summed E-state index contributed by atoms with van der Waals surface area (Å²) in [5, 5.41) is 13.2. The van der Waals surface area contributed by atoms with Crippen molar-refractivity contribution in [2.75, 3.05) is 11.1 Å². The minimum Gasteiger partial charge on any atom is -0.399 e. The van der Waals surface area contributed by atoms with Crippen LogP contribution < -0.4 is 11.1 Å². The van der Waals surface area contributed by atoms with E-state index in [1.54, 1.807) is 18.2 Å². The Morgan fingerprint density at radius 3 is 2.81 bits per heavy atom. The zero-order valence-corrected chi connectivity index (χ0v) is 12.4. The molecule has 0 aliphatic heterocycles. The van der Waals surface area contributed by atoms with E-state index in [9.17, 15) is 5.26 Å². The summed E-state index contributed by atoms with van der Waals surface area (Å²) in [4.78, 5) is 8.45. The Hall–Kier alpha value is -2.65. The van der Waals surface area contributed by atoms with Crippen LogP contribution in [0.2, 0.25) is 0 Å². The second-order valence-electron chi connectivity index (χ2n) is 4.43. The van der Waals surface area contributed by atoms with Gasteiger partial charge in [-0.25, -0.2) is 9.97 Å². The molecule has 0 radical (unpaired) electrons. The Kier molecular flexibility index (Phi) is 3.42. The van der Waals surface area contributed by atoms with Crippen molar-refractivity contribution in [1.29, 1.82) is 5.26 Å². The summed E-state index contributed by atoms with van der Waals surface area (Å²) >= 11 is 3.40. The van der Waals surface area contributed by atoms with Crippen LogP contribution in [0.3, 0.4) is 0 Å². The van der Waals surface area contributed by atoms with Gasteiger partial charge in [-0.1, -0.05) is 15.9 Å². The third kappa shape index (κ3) is 2.64. The van der Waals surface area contributed by atoms with E-state index in [4.69, 9.17) is 5.73 Å². The smallest absolute Gasteiger partial charge is 0.141 e. The number of hydrogen-bond acceptors (Lipinski definition) is 5. The fraction of sp³-hybridized carbons (Fsp3) is 0. The number of nitriles is 1. The zero-order chi connectivity index (χ0) is 14.8. The van der Waals surface area contributed by atoms with Crippen LogP contribution in [-0.4, -0.2) is 9.97 Å². The standard InChI is InChI=1S/C15H10BrN5/c16-10-2-1-9(7-17)13(5-10)21-15-12-4-3-11(18)6-14(12)19-8-20-15/h1-6,8H,18H2,(H,19,20,21). The maximum atomic E-state index is 9.18. The highest BCUT2D eigenvalue weighted by Crippen LogP contribution is 2.27. The number of hydrogen-bond donors (Lipinski definition) is 2. The van der Waals surface area contributed by atoms with Crippen LogP contribution in [0.1, 0.15) is 5.56 Å². The SMILES string of the molecule is N#Cc1ccc(Br)cc1Nc1ncnc2cc(N)ccc12. The highest BCUT2D eigenvalue weighted by Gasteiger charge is 2.08. The van der Waals surface area contributed by atoms with Crippen molar-refractivity contribution < 1.29 is 0 Å². The molecule has 0 saturated heterocycles. The van der Waals surface area contributed by atoms with Crippen molar-refractivity contribution in [1.82, 2.24) is 9.97 Å². The molecule has 0 atom stereocenters. The Morgan fingerprint density at radius 2 is 2.00 bits per heavy atom. The van der Waals surface area contributed by atoms with Gasteiger partial charge in [0.1, 0.15) is 18.2 Å². The molecule has 0 aliphatic rings. The molecule has 1 heterocycles. The molecule has 3 N–H and O–H groups in total. The van der Waals surface area contributed by atoms with E-state index in [0.717, 1.165) is 15.4 Å². The Bertz CT molecular complexity index is 870. The van der Waals surface area contributed by atoms with Crippen molar-refractivity contribution >= 4 is 44.0 Å². The van der Waals surface area contributed by atoms with Crippen molar-refractivity contribution in [2.45, 2.75) is 0 Å². The van der Waals surface area contributed by atoms with Crippen LogP contribution in [-0.2, 0) is 0 Å². The highest BCUT2D eigenvalue weighted by molar-refractivity contribution is 9.10. The number of aromatic nitrogens is 2. The van der Waals surface area contributed by atoms with E-state index in [1.165, 1.54) is 6.33 Å². The molecule has 0 aliphatic carbocycles. The van der Waals surface area contributed by atoms with Gasteiger partial charge in [0, 0.05) is 15.5 Å². The van der Waals surface area contributed by atoms with Crippen LogP contribution >= 0.6 is 15.9 Å². The molecule has 6 heteroatoms. The molecule has 2 aromatic carbocycles. The first-order valence-corrected chi connectivity index (χ1v) is 6.93. The molecule has 0 amide bonds. The van der Waals surface area contributed by atoms with Crippen LogP contribution in [0.15, 0.2) is 47.2 Å². The van der Waals surface area contributed by atoms with Crippen molar-refractivity contribution in [2.24, 2.45) is 0 Å². The average Bonchev–Trinajstić information content (AvgIpc) is 2.47. The number of nitrogens with zero attached hydrogens (tertiary/aromatic N) is 3. The molecule has 21 heavy (non-hydrogen) atoms. The van der Waals surface area contributed by atoms with Gasteiger partial charge in [0.05, 0.1) is 16.8 Å². The van der Waals surface area contributed by atoms with E-state index < -0.39 is 0 Å². The lowest BCUT2D eigenvalue weighted by molar-refractivity contribution is 1.22. The van der Waals surface area contributed by atoms with E-state index in [0.29, 0.717) is 22.8 Å². The largest absolute Gasteiger partial charge is 0.399 e. The Labute approximate surface area is 129 Å². The predicted molar refractivity (Wildman–Crippen MR) is 86.1 cm³/mol. The lowest BCUT2D eigenvalue weighted by Crippen LogP contribution is -1.98. The van der Waals surface area contributed by atoms with Crippen LogP contribution in [0.4, 0.5) is 17.2 Å². The summed E-state index contributed by atoms with van der Waals surface area (Å²) in [7, 11) is 0. The number of rotatable bonds is 2. The lowest BCUT2D eigenvalue weighted by Gasteiger charge is -2.10. The second-order valence-corrected chi connectivity index (χ2v) is 5.34. The number of anilines is 3. The van der Waals surface area contributed by atoms with Gasteiger partial charge in [-0.15, -0.1) is 0 Å². The highest BCUT2D eigenvalue weighted by atomic mass is 79.9. The van der Waals surface area contributed by atoms with Gasteiger partial charge in [-0.2, -0.15) is 5.26 Å². The number of nitrogens with one attached hydrogen (secondary N) is 1. The van der Waals surface area contributed by atoms with E-state index in [2.05, 4.69) is 37.3 Å². The number of nitrogens with two attached hydrogens (primary N) is 1. The summed E-state index contributed by atoms with van der Waals surface area (Å²) < 4.78 is 0.881. The maximum Gasteiger partial charge on any atom is 0.141 e. The third-order valence-electron chi connectivity index (χ3n) is 3.02. The minimum absolute atomic E-state index is 0.542. The molecule has 0 bridgehead atoms. The van der Waals surface area contributed by atoms with E-state index in [1.807, 2.05) is 18.2 Å². The van der Waals surface area contributed by atoms with Crippen molar-refractivity contribution in [3.05, 3.63) is 52.8 Å². The normalized spacial score (nSPS) is 10.3. The lowest BCUT2D eigenvalue weighted by atomic mass is 10.1. The molecule has 0 unspecified atom stereocenters. The van der Waals surface area contributed by atoms with Gasteiger partial charge in [0.15, 0.2) is 0 Å². The average molecular weight is 340 g/mol. The molecule has 0 saturated carbocycles. The first-order chi connectivity index (χ1) is 10.2. The molecule has 0 spiro atoms. The second kappa shape index (κ2) is 5.38. The quantitative estimate of drug-likeness (QED) is 0.696. The summed E-state index contributed by atoms with van der Waals surface area (Å²) in [5.41, 5.74) is 8.38. The number of benzene rings is 2. The van der Waals surface area contributed by atoms with Gasteiger partial charge in [-0.05, 0) is 36.4 Å². The van der Waals surface area contributed by atoms with E-state index >= 15 is 0 Å². The summed E-state index contributed by atoms with van der Waals surface area (Å²) in [5.74, 6) is 0.634. The molecular formula is C15H10BrN5. The van der Waals surface area contributed by atoms with Gasteiger partial charge in [0.2, 0.25) is 0 Å². The van der Waals surface area contributed by atoms with Gasteiger partial charge in [-0.3, -0.25) is 0 Å². The maximum absolute atomic E-state index is 9.18. The summed E-state index contributed by atoms with van der Waals surface area (Å²) in [6, 6.07) is 13.0. The molecule has 1 aromatic heterocycles. The van der Waals surface area contributed by atoms with E-state index in [-0.39, 0.29) is 0 Å². The first-order valence-electron chi connectivity index (χ1n) is 6.14. The molecule has 0 fully saturated rings. The first kappa shape index (κ1) is 13.3. The van der Waals surface area contributed by atoms with Crippen LogP contribution in [0, 0.1) is 11.3 Å². The van der Waals surface area contributed by atoms with Gasteiger partial charge in [0.25, 0.3) is 0 Å². The number of fused-ring (bicyclic) bond motifs is 1. The topological polar surface area (TPSA) is 87.6 Å². The Balaban J connectivity index is 2.11. The third-order valence-corrected chi connectivity index (χ3v) is 3.51. The molecule has 3 aromatic rings. The Morgan fingerprint density at radius 1 is 1.14 bits per heavy atom. The van der Waals surface area contributed by atoms with Crippen LogP contribution in [0.5, 0.6) is 0 Å². The molecule has 102 valence electrons. The van der Waals surface area contributed by atoms with Crippen molar-refractivity contribution in [3.63, 3.8) is 0 Å². The minimum atomic E-state index is 0.542. The fourth-order valence-electron chi connectivity index (χ4n) is 2.02. The zero-order valence-electron chi connectivity index (χ0n) is 10.8. The monoisotopic (exact) mass is 339 g/mol. The van der Waals surface area contributed by atoms with Crippen molar-refractivity contribution in [3.8, 4) is 6.07 Å². The molecule has 3 rings (SSSR count). The predicted octanol–water partition coefficient (Wildman–Crippen LogP) is 3.59. The molecule has 5 nitrogen and oxygen atoms in total. The summed E-state index contributed by atoms with van der Waals surface area (Å²) in [6.07, 6.45) is 1.47. The summed E-state index contributed by atoms with van der Waals surface area (Å²) in [6.45, 7) is 0. The van der Waals surface area contributed by atoms with Gasteiger partial charge < -0.3 is 11.1 Å². The fourth-order valence-corrected chi connectivity index (χ4v) is 2.38.